The summed E-state index contributed by atoms with van der Waals surface area (Å²) in [7, 11) is 0. The number of hydrogen-bond acceptors (Lipinski definition) is 2. The maximum atomic E-state index is 8.69. The standard InChI is InChI=1S/C10H19NO/c1-3-9-6-4-5-7-10(9)8(2)11-12/h9-10,12H,3-7H2,1-2H3/b11-8+. The maximum Gasteiger partial charge on any atom is 0.0573 e. The highest BCUT2D eigenvalue weighted by Crippen LogP contribution is 2.32. The van der Waals surface area contributed by atoms with Gasteiger partial charge in [0.2, 0.25) is 0 Å². The van der Waals surface area contributed by atoms with Gasteiger partial charge in [0.05, 0.1) is 5.71 Å². The van der Waals surface area contributed by atoms with Gasteiger partial charge in [0.1, 0.15) is 0 Å². The zero-order chi connectivity index (χ0) is 8.97. The van der Waals surface area contributed by atoms with Crippen LogP contribution in [0, 0.1) is 11.8 Å². The van der Waals surface area contributed by atoms with Crippen LogP contribution in [-0.4, -0.2) is 10.9 Å². The van der Waals surface area contributed by atoms with E-state index in [-0.39, 0.29) is 0 Å². The minimum atomic E-state index is 0.550. The normalized spacial score (nSPS) is 32.0. The van der Waals surface area contributed by atoms with Crippen LogP contribution in [-0.2, 0) is 0 Å². The summed E-state index contributed by atoms with van der Waals surface area (Å²) in [5.74, 6) is 1.31. The molecular formula is C10H19NO. The van der Waals surface area contributed by atoms with E-state index in [0.29, 0.717) is 5.92 Å². The van der Waals surface area contributed by atoms with E-state index in [0.717, 1.165) is 11.6 Å². The third kappa shape index (κ3) is 1.99. The average molecular weight is 169 g/mol. The summed E-state index contributed by atoms with van der Waals surface area (Å²) in [5.41, 5.74) is 0.932. The Hall–Kier alpha value is -0.530. The summed E-state index contributed by atoms with van der Waals surface area (Å²) in [6.45, 7) is 4.17. The quantitative estimate of drug-likeness (QED) is 0.384. The van der Waals surface area contributed by atoms with Gasteiger partial charge in [0.15, 0.2) is 0 Å². The molecule has 0 aromatic rings. The lowest BCUT2D eigenvalue weighted by molar-refractivity contribution is 0.271. The average Bonchev–Trinajstić information content (AvgIpc) is 2.16. The predicted octanol–water partition coefficient (Wildman–Crippen LogP) is 3.05. The highest BCUT2D eigenvalue weighted by molar-refractivity contribution is 5.84. The molecule has 1 aliphatic rings. The molecule has 0 radical (unpaired) electrons. The monoisotopic (exact) mass is 169 g/mol. The first kappa shape index (κ1) is 9.56. The SMILES string of the molecule is CCC1CCCCC1/C(C)=N/O. The molecule has 0 heterocycles. The van der Waals surface area contributed by atoms with Gasteiger partial charge in [-0.05, 0) is 25.7 Å². The molecule has 0 aliphatic heterocycles. The third-order valence-corrected chi connectivity index (χ3v) is 3.13. The van der Waals surface area contributed by atoms with E-state index in [1.807, 2.05) is 6.92 Å². The number of hydrogen-bond donors (Lipinski definition) is 1. The van der Waals surface area contributed by atoms with Crippen molar-refractivity contribution in [1.29, 1.82) is 0 Å². The molecule has 1 rings (SSSR count). The van der Waals surface area contributed by atoms with Gasteiger partial charge in [-0.2, -0.15) is 0 Å². The van der Waals surface area contributed by atoms with Gasteiger partial charge in [-0.15, -0.1) is 0 Å². The summed E-state index contributed by atoms with van der Waals surface area (Å²) in [4.78, 5) is 0. The molecule has 0 aromatic carbocycles. The Kier molecular flexibility index (Phi) is 3.57. The van der Waals surface area contributed by atoms with Crippen LogP contribution in [0.3, 0.4) is 0 Å². The second-order valence-corrected chi connectivity index (χ2v) is 3.80. The molecule has 2 heteroatoms. The van der Waals surface area contributed by atoms with E-state index in [9.17, 15) is 0 Å². The van der Waals surface area contributed by atoms with Gasteiger partial charge >= 0.3 is 0 Å². The lowest BCUT2D eigenvalue weighted by atomic mass is 9.76. The number of nitrogens with zero attached hydrogens (tertiary/aromatic N) is 1. The third-order valence-electron chi connectivity index (χ3n) is 3.13. The molecule has 2 atom stereocenters. The molecule has 0 aromatic heterocycles. The Bertz CT molecular complexity index is 165. The molecule has 0 spiro atoms. The van der Waals surface area contributed by atoms with Crippen molar-refractivity contribution in [1.82, 2.24) is 0 Å². The van der Waals surface area contributed by atoms with Crippen LogP contribution in [0.2, 0.25) is 0 Å². The van der Waals surface area contributed by atoms with E-state index in [1.165, 1.54) is 32.1 Å². The van der Waals surface area contributed by atoms with Crippen LogP contribution < -0.4 is 0 Å². The molecule has 70 valence electrons. The Morgan fingerprint density at radius 1 is 1.42 bits per heavy atom. The topological polar surface area (TPSA) is 32.6 Å². The predicted molar refractivity (Wildman–Crippen MR) is 50.6 cm³/mol. The molecule has 0 bridgehead atoms. The van der Waals surface area contributed by atoms with Gasteiger partial charge in [0.25, 0.3) is 0 Å². The Labute approximate surface area is 74.7 Å². The minimum absolute atomic E-state index is 0.550. The molecule has 1 N–H and O–H groups in total. The fourth-order valence-corrected chi connectivity index (χ4v) is 2.32. The van der Waals surface area contributed by atoms with Crippen molar-refractivity contribution in [2.24, 2.45) is 17.0 Å². The fourth-order valence-electron chi connectivity index (χ4n) is 2.32. The Morgan fingerprint density at radius 2 is 2.08 bits per heavy atom. The van der Waals surface area contributed by atoms with Crippen molar-refractivity contribution in [2.45, 2.75) is 46.0 Å². The lowest BCUT2D eigenvalue weighted by Gasteiger charge is -2.29. The first-order valence-corrected chi connectivity index (χ1v) is 4.98. The molecule has 1 saturated carbocycles. The zero-order valence-electron chi connectivity index (χ0n) is 8.08. The van der Waals surface area contributed by atoms with Crippen LogP contribution in [0.15, 0.2) is 5.16 Å². The molecule has 2 nitrogen and oxygen atoms in total. The zero-order valence-corrected chi connectivity index (χ0v) is 8.08. The fraction of sp³-hybridized carbons (Fsp3) is 0.900. The van der Waals surface area contributed by atoms with Crippen LogP contribution in [0.4, 0.5) is 0 Å². The smallest absolute Gasteiger partial charge is 0.0573 e. The second-order valence-electron chi connectivity index (χ2n) is 3.80. The summed E-state index contributed by atoms with van der Waals surface area (Å²) >= 11 is 0. The van der Waals surface area contributed by atoms with Gasteiger partial charge in [-0.25, -0.2) is 0 Å². The summed E-state index contributed by atoms with van der Waals surface area (Å²) in [5, 5.41) is 12.0. The highest BCUT2D eigenvalue weighted by atomic mass is 16.4. The molecular weight excluding hydrogens is 150 g/mol. The van der Waals surface area contributed by atoms with E-state index in [1.54, 1.807) is 0 Å². The first-order valence-electron chi connectivity index (χ1n) is 4.98. The van der Waals surface area contributed by atoms with Crippen LogP contribution in [0.5, 0.6) is 0 Å². The van der Waals surface area contributed by atoms with Crippen molar-refractivity contribution >= 4 is 5.71 Å². The van der Waals surface area contributed by atoms with Gasteiger partial charge < -0.3 is 5.21 Å². The van der Waals surface area contributed by atoms with Crippen molar-refractivity contribution in [2.75, 3.05) is 0 Å². The first-order chi connectivity index (χ1) is 5.79. The van der Waals surface area contributed by atoms with E-state index in [4.69, 9.17) is 5.21 Å². The molecule has 2 unspecified atom stereocenters. The van der Waals surface area contributed by atoms with Crippen LogP contribution in [0.25, 0.3) is 0 Å². The van der Waals surface area contributed by atoms with Crippen LogP contribution in [0.1, 0.15) is 46.0 Å². The highest BCUT2D eigenvalue weighted by Gasteiger charge is 2.25. The van der Waals surface area contributed by atoms with Crippen molar-refractivity contribution < 1.29 is 5.21 Å². The van der Waals surface area contributed by atoms with Gasteiger partial charge in [-0.1, -0.05) is 31.3 Å². The minimum Gasteiger partial charge on any atom is -0.411 e. The Morgan fingerprint density at radius 3 is 2.67 bits per heavy atom. The molecule has 1 fully saturated rings. The number of rotatable bonds is 2. The maximum absolute atomic E-state index is 8.69. The molecule has 12 heavy (non-hydrogen) atoms. The summed E-state index contributed by atoms with van der Waals surface area (Å²) in [6.07, 6.45) is 6.40. The number of oxime groups is 1. The molecule has 1 aliphatic carbocycles. The molecule has 0 amide bonds. The largest absolute Gasteiger partial charge is 0.411 e. The molecule has 0 saturated heterocycles. The lowest BCUT2D eigenvalue weighted by Crippen LogP contribution is -2.25. The van der Waals surface area contributed by atoms with E-state index < -0.39 is 0 Å². The summed E-state index contributed by atoms with van der Waals surface area (Å²) in [6, 6.07) is 0. The second kappa shape index (κ2) is 4.48. The van der Waals surface area contributed by atoms with Gasteiger partial charge in [0, 0.05) is 5.92 Å². The van der Waals surface area contributed by atoms with Crippen molar-refractivity contribution in [3.05, 3.63) is 0 Å². The van der Waals surface area contributed by atoms with Crippen LogP contribution >= 0.6 is 0 Å². The summed E-state index contributed by atoms with van der Waals surface area (Å²) < 4.78 is 0. The Balaban J connectivity index is 2.58. The van der Waals surface area contributed by atoms with Crippen molar-refractivity contribution in [3.8, 4) is 0 Å². The van der Waals surface area contributed by atoms with Gasteiger partial charge in [-0.3, -0.25) is 0 Å². The van der Waals surface area contributed by atoms with E-state index >= 15 is 0 Å². The van der Waals surface area contributed by atoms with Crippen molar-refractivity contribution in [3.63, 3.8) is 0 Å². The van der Waals surface area contributed by atoms with E-state index in [2.05, 4.69) is 12.1 Å².